The number of hydrogen-bond acceptors (Lipinski definition) is 4. The number of benzene rings is 3. The molecule has 0 amide bonds. The van der Waals surface area contributed by atoms with Crippen LogP contribution in [0.4, 0.5) is 4.39 Å². The van der Waals surface area contributed by atoms with Crippen molar-refractivity contribution < 1.29 is 23.3 Å². The van der Waals surface area contributed by atoms with Crippen LogP contribution in [0.2, 0.25) is 0 Å². The number of rotatable bonds is 7. The fraction of sp³-hybridized carbons (Fsp3) is 0.250. The van der Waals surface area contributed by atoms with Crippen molar-refractivity contribution >= 4 is 0 Å². The monoisotopic (exact) mass is 394 g/mol. The van der Waals surface area contributed by atoms with E-state index in [1.165, 1.54) is 6.07 Å². The Morgan fingerprint density at radius 3 is 2.55 bits per heavy atom. The number of hydrogen-bond donors (Lipinski definition) is 0. The molecule has 0 aromatic heterocycles. The van der Waals surface area contributed by atoms with Crippen molar-refractivity contribution in [1.29, 1.82) is 0 Å². The summed E-state index contributed by atoms with van der Waals surface area (Å²) in [6, 6.07) is 19.9. The first-order valence-electron chi connectivity index (χ1n) is 9.50. The molecule has 0 spiro atoms. The first kappa shape index (κ1) is 19.3. The van der Waals surface area contributed by atoms with E-state index in [2.05, 4.69) is 13.8 Å². The zero-order valence-electron chi connectivity index (χ0n) is 16.5. The highest BCUT2D eigenvalue weighted by Crippen LogP contribution is 2.36. The van der Waals surface area contributed by atoms with Crippen LogP contribution in [-0.4, -0.2) is 13.4 Å². The zero-order valence-corrected chi connectivity index (χ0v) is 16.5. The molecule has 0 bridgehead atoms. The van der Waals surface area contributed by atoms with Gasteiger partial charge in [0, 0.05) is 5.41 Å². The maximum Gasteiger partial charge on any atom is 0.231 e. The number of fused-ring (bicyclic) bond motifs is 1. The van der Waals surface area contributed by atoms with E-state index in [-0.39, 0.29) is 18.0 Å². The second kappa shape index (κ2) is 8.13. The molecule has 4 nitrogen and oxygen atoms in total. The Morgan fingerprint density at radius 1 is 0.931 bits per heavy atom. The molecule has 0 radical (unpaired) electrons. The van der Waals surface area contributed by atoms with E-state index in [9.17, 15) is 4.39 Å². The van der Waals surface area contributed by atoms with Gasteiger partial charge in [0.15, 0.2) is 23.1 Å². The van der Waals surface area contributed by atoms with Gasteiger partial charge >= 0.3 is 0 Å². The lowest BCUT2D eigenvalue weighted by Gasteiger charge is -2.25. The molecule has 0 N–H and O–H groups in total. The van der Waals surface area contributed by atoms with Crippen LogP contribution < -0.4 is 14.2 Å². The van der Waals surface area contributed by atoms with E-state index in [0.717, 1.165) is 22.6 Å². The molecule has 29 heavy (non-hydrogen) atoms. The second-order valence-corrected chi connectivity index (χ2v) is 7.62. The molecule has 0 atom stereocenters. The smallest absolute Gasteiger partial charge is 0.231 e. The molecule has 3 aromatic carbocycles. The number of ether oxygens (including phenoxy) is 4. The quantitative estimate of drug-likeness (QED) is 0.504. The standard InChI is InChI=1S/C24H23FO4/c1-24(2,18-9-11-21-23(13-18)28-16-27-21)15-26-14-17-8-10-20(25)22(12-17)29-19-6-4-3-5-7-19/h3-13H,14-16H2,1-2H3. The molecule has 150 valence electrons. The Kier molecular flexibility index (Phi) is 5.41. The van der Waals surface area contributed by atoms with Crippen LogP contribution in [0.3, 0.4) is 0 Å². The summed E-state index contributed by atoms with van der Waals surface area (Å²) in [6.07, 6.45) is 0. The molecule has 0 saturated carbocycles. The van der Waals surface area contributed by atoms with E-state index >= 15 is 0 Å². The fourth-order valence-corrected chi connectivity index (χ4v) is 3.16. The molecular weight excluding hydrogens is 371 g/mol. The van der Waals surface area contributed by atoms with E-state index < -0.39 is 5.82 Å². The van der Waals surface area contributed by atoms with Gasteiger partial charge in [-0.3, -0.25) is 0 Å². The van der Waals surface area contributed by atoms with Crippen LogP contribution in [0.1, 0.15) is 25.0 Å². The van der Waals surface area contributed by atoms with E-state index in [4.69, 9.17) is 18.9 Å². The molecule has 1 heterocycles. The topological polar surface area (TPSA) is 36.9 Å². The van der Waals surface area contributed by atoms with Crippen molar-refractivity contribution in [1.82, 2.24) is 0 Å². The maximum atomic E-state index is 14.1. The summed E-state index contributed by atoms with van der Waals surface area (Å²) in [5.41, 5.74) is 1.73. The van der Waals surface area contributed by atoms with Crippen LogP contribution >= 0.6 is 0 Å². The Hall–Kier alpha value is -3.05. The summed E-state index contributed by atoms with van der Waals surface area (Å²) in [4.78, 5) is 0. The van der Waals surface area contributed by atoms with Gasteiger partial charge in [-0.25, -0.2) is 4.39 Å². The molecular formula is C24H23FO4. The summed E-state index contributed by atoms with van der Waals surface area (Å²) in [5, 5.41) is 0. The predicted molar refractivity (Wildman–Crippen MR) is 108 cm³/mol. The average molecular weight is 394 g/mol. The normalized spacial score (nSPS) is 12.8. The van der Waals surface area contributed by atoms with Crippen molar-refractivity contribution in [3.05, 3.63) is 83.7 Å². The van der Waals surface area contributed by atoms with Gasteiger partial charge in [-0.1, -0.05) is 44.2 Å². The Balaban J connectivity index is 1.39. The summed E-state index contributed by atoms with van der Waals surface area (Å²) in [7, 11) is 0. The Bertz CT molecular complexity index is 985. The van der Waals surface area contributed by atoms with Crippen molar-refractivity contribution in [3.63, 3.8) is 0 Å². The van der Waals surface area contributed by atoms with Crippen LogP contribution in [-0.2, 0) is 16.8 Å². The van der Waals surface area contributed by atoms with Gasteiger partial charge < -0.3 is 18.9 Å². The third kappa shape index (κ3) is 4.51. The third-order valence-corrected chi connectivity index (χ3v) is 4.85. The summed E-state index contributed by atoms with van der Waals surface area (Å²) >= 11 is 0. The second-order valence-electron chi connectivity index (χ2n) is 7.62. The van der Waals surface area contributed by atoms with Gasteiger partial charge in [0.2, 0.25) is 6.79 Å². The van der Waals surface area contributed by atoms with Gasteiger partial charge in [0.25, 0.3) is 0 Å². The van der Waals surface area contributed by atoms with Crippen molar-refractivity contribution in [3.8, 4) is 23.0 Å². The fourth-order valence-electron chi connectivity index (χ4n) is 3.16. The molecule has 1 aliphatic heterocycles. The van der Waals surface area contributed by atoms with Crippen LogP contribution in [0.15, 0.2) is 66.7 Å². The van der Waals surface area contributed by atoms with Crippen LogP contribution in [0.5, 0.6) is 23.0 Å². The minimum absolute atomic E-state index is 0.187. The van der Waals surface area contributed by atoms with Crippen molar-refractivity contribution in [2.45, 2.75) is 25.9 Å². The third-order valence-electron chi connectivity index (χ3n) is 4.85. The lowest BCUT2D eigenvalue weighted by atomic mass is 9.85. The van der Waals surface area contributed by atoms with Crippen LogP contribution in [0.25, 0.3) is 0 Å². The molecule has 0 fully saturated rings. The number of para-hydroxylation sites is 1. The zero-order chi connectivity index (χ0) is 20.3. The highest BCUT2D eigenvalue weighted by Gasteiger charge is 2.24. The number of halogens is 1. The lowest BCUT2D eigenvalue weighted by Crippen LogP contribution is -2.24. The molecule has 5 heteroatoms. The summed E-state index contributed by atoms with van der Waals surface area (Å²) in [5.74, 6) is 1.90. The maximum absolute atomic E-state index is 14.1. The van der Waals surface area contributed by atoms with Gasteiger partial charge in [-0.2, -0.15) is 0 Å². The first-order valence-corrected chi connectivity index (χ1v) is 9.50. The van der Waals surface area contributed by atoms with Gasteiger partial charge in [0.1, 0.15) is 5.75 Å². The van der Waals surface area contributed by atoms with Gasteiger partial charge in [-0.05, 0) is 47.5 Å². The highest BCUT2D eigenvalue weighted by atomic mass is 19.1. The minimum atomic E-state index is -0.404. The lowest BCUT2D eigenvalue weighted by molar-refractivity contribution is 0.0823. The predicted octanol–water partition coefficient (Wildman–Crippen LogP) is 5.84. The average Bonchev–Trinajstić information content (AvgIpc) is 3.19. The molecule has 0 saturated heterocycles. The highest BCUT2D eigenvalue weighted by molar-refractivity contribution is 5.46. The van der Waals surface area contributed by atoms with Crippen LogP contribution in [0, 0.1) is 5.82 Å². The van der Waals surface area contributed by atoms with Gasteiger partial charge in [0.05, 0.1) is 13.2 Å². The van der Waals surface area contributed by atoms with Gasteiger partial charge in [-0.15, -0.1) is 0 Å². The summed E-state index contributed by atoms with van der Waals surface area (Å²) < 4.78 is 36.6. The Labute approximate surface area is 169 Å². The molecule has 0 unspecified atom stereocenters. The summed E-state index contributed by atoms with van der Waals surface area (Å²) in [6.45, 7) is 5.34. The van der Waals surface area contributed by atoms with Crippen molar-refractivity contribution in [2.24, 2.45) is 0 Å². The van der Waals surface area contributed by atoms with E-state index in [1.54, 1.807) is 24.3 Å². The molecule has 0 aliphatic carbocycles. The molecule has 3 aromatic rings. The molecule has 1 aliphatic rings. The largest absolute Gasteiger partial charge is 0.454 e. The first-order chi connectivity index (χ1) is 14.0. The minimum Gasteiger partial charge on any atom is -0.454 e. The SMILES string of the molecule is CC(C)(COCc1ccc(F)c(Oc2ccccc2)c1)c1ccc2c(c1)OCO2. The van der Waals surface area contributed by atoms with E-state index in [1.807, 2.05) is 36.4 Å². The Morgan fingerprint density at radius 2 is 1.72 bits per heavy atom. The van der Waals surface area contributed by atoms with Crippen molar-refractivity contribution in [2.75, 3.05) is 13.4 Å². The molecule has 4 rings (SSSR count). The van der Waals surface area contributed by atoms with E-state index in [0.29, 0.717) is 19.0 Å².